The van der Waals surface area contributed by atoms with Crippen LogP contribution in [0.15, 0.2) is 35.7 Å². The SMILES string of the molecule is Cc1nc(-n2ncc(C(=O)Nc3cnc(N4N=CCN4)c(Cl)c3)c2C(F)(F)F)ccc1F. The zero-order valence-electron chi connectivity index (χ0n) is 16.2. The van der Waals surface area contributed by atoms with E-state index >= 15 is 0 Å². The molecule has 0 bridgehead atoms. The number of hydrogen-bond acceptors (Lipinski definition) is 7. The molecule has 32 heavy (non-hydrogen) atoms. The number of rotatable bonds is 4. The van der Waals surface area contributed by atoms with Crippen LogP contribution < -0.4 is 15.9 Å². The number of alkyl halides is 3. The highest BCUT2D eigenvalue weighted by Gasteiger charge is 2.41. The van der Waals surface area contributed by atoms with Crippen LogP contribution in [-0.2, 0) is 6.18 Å². The van der Waals surface area contributed by atoms with E-state index in [0.717, 1.165) is 18.3 Å². The Bertz CT molecular complexity index is 1230. The number of hydrazone groups is 1. The van der Waals surface area contributed by atoms with Crippen LogP contribution in [0.2, 0.25) is 5.02 Å². The molecule has 0 saturated carbocycles. The van der Waals surface area contributed by atoms with Gasteiger partial charge in [-0.25, -0.2) is 24.5 Å². The molecule has 3 aromatic heterocycles. The van der Waals surface area contributed by atoms with E-state index in [-0.39, 0.29) is 28.0 Å². The Labute approximate surface area is 182 Å². The summed E-state index contributed by atoms with van der Waals surface area (Å²) in [5.74, 6) is -1.82. The predicted molar refractivity (Wildman–Crippen MR) is 107 cm³/mol. The number of nitrogens with zero attached hydrogens (tertiary/aromatic N) is 6. The Hall–Kier alpha value is -3.58. The van der Waals surface area contributed by atoms with Crippen LogP contribution >= 0.6 is 11.6 Å². The Morgan fingerprint density at radius 2 is 2.06 bits per heavy atom. The molecule has 9 nitrogen and oxygen atoms in total. The summed E-state index contributed by atoms with van der Waals surface area (Å²) < 4.78 is 55.3. The Kier molecular flexibility index (Phi) is 5.52. The van der Waals surface area contributed by atoms with E-state index in [1.165, 1.54) is 24.3 Å². The van der Waals surface area contributed by atoms with Gasteiger partial charge in [-0.05, 0) is 25.1 Å². The molecule has 0 atom stereocenters. The fourth-order valence-electron chi connectivity index (χ4n) is 2.88. The maximum Gasteiger partial charge on any atom is 0.434 e. The molecule has 0 fully saturated rings. The van der Waals surface area contributed by atoms with Crippen molar-refractivity contribution in [1.29, 1.82) is 0 Å². The van der Waals surface area contributed by atoms with Crippen molar-refractivity contribution in [2.45, 2.75) is 13.1 Å². The van der Waals surface area contributed by atoms with E-state index in [0.29, 0.717) is 11.2 Å². The zero-order valence-corrected chi connectivity index (χ0v) is 16.9. The first kappa shape index (κ1) is 21.6. The molecule has 14 heteroatoms. The Balaban J connectivity index is 1.65. The second-order valence-corrected chi connectivity index (χ2v) is 6.92. The highest BCUT2D eigenvalue weighted by atomic mass is 35.5. The summed E-state index contributed by atoms with van der Waals surface area (Å²) in [6, 6.07) is 3.32. The number of hydrogen-bond donors (Lipinski definition) is 2. The van der Waals surface area contributed by atoms with Crippen LogP contribution in [0.3, 0.4) is 0 Å². The average Bonchev–Trinajstić information content (AvgIpc) is 3.40. The predicted octanol–water partition coefficient (Wildman–Crippen LogP) is 3.34. The highest BCUT2D eigenvalue weighted by Crippen LogP contribution is 2.34. The minimum absolute atomic E-state index is 0.0588. The van der Waals surface area contributed by atoms with E-state index in [2.05, 4.69) is 30.9 Å². The quantitative estimate of drug-likeness (QED) is 0.570. The Morgan fingerprint density at radius 3 is 2.69 bits per heavy atom. The summed E-state index contributed by atoms with van der Waals surface area (Å²) in [7, 11) is 0. The lowest BCUT2D eigenvalue weighted by atomic mass is 10.2. The van der Waals surface area contributed by atoms with Gasteiger partial charge in [0.05, 0.1) is 40.9 Å². The van der Waals surface area contributed by atoms with Gasteiger partial charge in [0.15, 0.2) is 17.3 Å². The molecule has 0 saturated heterocycles. The van der Waals surface area contributed by atoms with Gasteiger partial charge in [-0.3, -0.25) is 4.79 Å². The van der Waals surface area contributed by atoms with Crippen molar-refractivity contribution in [3.63, 3.8) is 0 Å². The fraction of sp³-hybridized carbons (Fsp3) is 0.167. The number of halogens is 5. The minimum Gasteiger partial charge on any atom is -0.320 e. The van der Waals surface area contributed by atoms with E-state index in [1.807, 2.05) is 0 Å². The minimum atomic E-state index is -4.95. The zero-order chi connectivity index (χ0) is 23.0. The lowest BCUT2D eigenvalue weighted by Gasteiger charge is -2.15. The number of carbonyl (C=O) groups excluding carboxylic acids is 1. The maximum absolute atomic E-state index is 13.8. The Morgan fingerprint density at radius 1 is 1.28 bits per heavy atom. The van der Waals surface area contributed by atoms with Crippen LogP contribution in [0.4, 0.5) is 29.1 Å². The first-order valence-corrected chi connectivity index (χ1v) is 9.34. The number of amides is 1. The smallest absolute Gasteiger partial charge is 0.320 e. The lowest BCUT2D eigenvalue weighted by molar-refractivity contribution is -0.143. The molecule has 1 aliphatic rings. The number of carbonyl (C=O) groups is 1. The molecule has 166 valence electrons. The second-order valence-electron chi connectivity index (χ2n) is 6.51. The molecule has 4 rings (SSSR count). The van der Waals surface area contributed by atoms with Gasteiger partial charge in [0, 0.05) is 6.21 Å². The standard InChI is InChI=1S/C18H13ClF4N8O/c1-9-13(20)2-3-14(28-9)30-15(18(21,22)23)11(8-27-30)17(32)29-10-6-12(19)16(24-7-10)31-25-4-5-26-31/h2-4,6-8,26H,5H2,1H3,(H,29,32). The monoisotopic (exact) mass is 468 g/mol. The van der Waals surface area contributed by atoms with Crippen molar-refractivity contribution < 1.29 is 22.4 Å². The molecular formula is C18H13ClF4N8O. The second kappa shape index (κ2) is 8.16. The van der Waals surface area contributed by atoms with Crippen molar-refractivity contribution >= 4 is 35.2 Å². The number of anilines is 2. The number of aryl methyl sites for hydroxylation is 1. The van der Waals surface area contributed by atoms with Crippen LogP contribution in [0, 0.1) is 12.7 Å². The summed E-state index contributed by atoms with van der Waals surface area (Å²) in [6.07, 6.45) is -1.39. The molecule has 0 unspecified atom stereocenters. The fourth-order valence-corrected chi connectivity index (χ4v) is 3.13. The van der Waals surface area contributed by atoms with Gasteiger partial charge >= 0.3 is 6.18 Å². The first-order valence-electron chi connectivity index (χ1n) is 8.97. The van der Waals surface area contributed by atoms with Crippen molar-refractivity contribution in [2.75, 3.05) is 17.0 Å². The van der Waals surface area contributed by atoms with E-state index < -0.39 is 29.2 Å². The summed E-state index contributed by atoms with van der Waals surface area (Å²) in [5.41, 5.74) is 0.685. The van der Waals surface area contributed by atoms with Gasteiger partial charge in [-0.1, -0.05) is 11.6 Å². The normalized spacial score (nSPS) is 13.6. The summed E-state index contributed by atoms with van der Waals surface area (Å²) in [4.78, 5) is 20.5. The van der Waals surface area contributed by atoms with E-state index in [9.17, 15) is 22.4 Å². The third-order valence-corrected chi connectivity index (χ3v) is 4.59. The van der Waals surface area contributed by atoms with Gasteiger partial charge in [0.2, 0.25) is 0 Å². The number of pyridine rings is 2. The van der Waals surface area contributed by atoms with Crippen molar-refractivity contribution in [2.24, 2.45) is 5.10 Å². The largest absolute Gasteiger partial charge is 0.434 e. The molecule has 0 aliphatic carbocycles. The molecule has 3 aromatic rings. The van der Waals surface area contributed by atoms with Gasteiger partial charge in [0.25, 0.3) is 5.91 Å². The van der Waals surface area contributed by atoms with E-state index in [4.69, 9.17) is 11.6 Å². The topological polar surface area (TPSA) is 100 Å². The molecular weight excluding hydrogens is 456 g/mol. The summed E-state index contributed by atoms with van der Waals surface area (Å²) in [6.45, 7) is 1.77. The van der Waals surface area contributed by atoms with Gasteiger partial charge in [-0.15, -0.1) is 0 Å². The van der Waals surface area contributed by atoms with Crippen LogP contribution in [0.1, 0.15) is 21.7 Å². The maximum atomic E-state index is 13.8. The number of hydrazine groups is 1. The number of nitrogens with one attached hydrogen (secondary N) is 2. The molecule has 2 N–H and O–H groups in total. The molecule has 0 aromatic carbocycles. The van der Waals surface area contributed by atoms with Crippen LogP contribution in [0.25, 0.3) is 5.82 Å². The number of aromatic nitrogens is 4. The van der Waals surface area contributed by atoms with Crippen LogP contribution in [-0.4, -0.2) is 38.4 Å². The van der Waals surface area contributed by atoms with Crippen molar-refractivity contribution in [3.05, 3.63) is 58.4 Å². The molecule has 0 radical (unpaired) electrons. The van der Waals surface area contributed by atoms with Crippen molar-refractivity contribution in [1.82, 2.24) is 25.2 Å². The molecule has 0 spiro atoms. The third kappa shape index (κ3) is 4.11. The first-order chi connectivity index (χ1) is 15.1. The van der Waals surface area contributed by atoms with Gasteiger partial charge < -0.3 is 5.32 Å². The molecule has 1 aliphatic heterocycles. The molecule has 1 amide bonds. The summed E-state index contributed by atoms with van der Waals surface area (Å²) >= 11 is 6.15. The van der Waals surface area contributed by atoms with E-state index in [1.54, 1.807) is 6.21 Å². The summed E-state index contributed by atoms with van der Waals surface area (Å²) in [5, 5.41) is 11.4. The van der Waals surface area contributed by atoms with Gasteiger partial charge in [-0.2, -0.15) is 28.5 Å². The molecule has 4 heterocycles. The van der Waals surface area contributed by atoms with Crippen LogP contribution in [0.5, 0.6) is 0 Å². The third-order valence-electron chi connectivity index (χ3n) is 4.32. The lowest BCUT2D eigenvalue weighted by Crippen LogP contribution is -2.29. The average molecular weight is 469 g/mol. The highest BCUT2D eigenvalue weighted by molar-refractivity contribution is 6.33. The van der Waals surface area contributed by atoms with Gasteiger partial charge in [0.1, 0.15) is 5.82 Å². The van der Waals surface area contributed by atoms with Crippen molar-refractivity contribution in [3.8, 4) is 5.82 Å².